The van der Waals surface area contributed by atoms with E-state index < -0.39 is 0 Å². The smallest absolute Gasteiger partial charge is 0.181 e. The first-order chi connectivity index (χ1) is 7.28. The average Bonchev–Trinajstić information content (AvgIpc) is 2.68. The van der Waals surface area contributed by atoms with Crippen LogP contribution in [0.4, 0.5) is 0 Å². The highest BCUT2D eigenvalue weighted by Gasteiger charge is 2.40. The van der Waals surface area contributed by atoms with Gasteiger partial charge in [-0.2, -0.15) is 0 Å². The van der Waals surface area contributed by atoms with Crippen molar-refractivity contribution in [3.05, 3.63) is 23.8 Å². The highest BCUT2D eigenvalue weighted by atomic mass is 16.1. The molecule has 2 aliphatic rings. The molecule has 15 heavy (non-hydrogen) atoms. The van der Waals surface area contributed by atoms with Crippen LogP contribution in [0.15, 0.2) is 23.8 Å². The zero-order valence-electron chi connectivity index (χ0n) is 9.59. The fraction of sp³-hybridized carbons (Fsp3) is 0.643. The summed E-state index contributed by atoms with van der Waals surface area (Å²) < 4.78 is 0. The minimum absolute atomic E-state index is 0.263. The van der Waals surface area contributed by atoms with E-state index in [9.17, 15) is 4.79 Å². The highest BCUT2D eigenvalue weighted by molar-refractivity contribution is 6.05. The maximum absolute atomic E-state index is 12.0. The third-order valence-corrected chi connectivity index (χ3v) is 3.92. The summed E-state index contributed by atoms with van der Waals surface area (Å²) >= 11 is 0. The molecule has 2 rings (SSSR count). The molecular formula is C14H20O. The van der Waals surface area contributed by atoms with Crippen LogP contribution in [0.2, 0.25) is 0 Å². The van der Waals surface area contributed by atoms with Crippen LogP contribution in [-0.4, -0.2) is 5.78 Å². The van der Waals surface area contributed by atoms with E-state index in [0.717, 1.165) is 12.0 Å². The lowest BCUT2D eigenvalue weighted by molar-refractivity contribution is -0.112. The summed E-state index contributed by atoms with van der Waals surface area (Å²) in [6.45, 7) is 1.92. The fourth-order valence-corrected chi connectivity index (χ4v) is 3.21. The second-order valence-corrected chi connectivity index (χ2v) is 4.86. The molecule has 0 heterocycles. The van der Waals surface area contributed by atoms with Gasteiger partial charge >= 0.3 is 0 Å². The van der Waals surface area contributed by atoms with Crippen LogP contribution in [0, 0.1) is 5.41 Å². The van der Waals surface area contributed by atoms with Crippen molar-refractivity contribution in [3.8, 4) is 0 Å². The van der Waals surface area contributed by atoms with Gasteiger partial charge in [0.15, 0.2) is 5.78 Å². The van der Waals surface area contributed by atoms with Gasteiger partial charge in [-0.15, -0.1) is 0 Å². The van der Waals surface area contributed by atoms with E-state index in [4.69, 9.17) is 0 Å². The summed E-state index contributed by atoms with van der Waals surface area (Å²) in [7, 11) is 0. The van der Waals surface area contributed by atoms with Gasteiger partial charge < -0.3 is 0 Å². The molecule has 1 fully saturated rings. The zero-order chi connectivity index (χ0) is 10.7. The first-order valence-electron chi connectivity index (χ1n) is 6.16. The molecule has 0 bridgehead atoms. The Kier molecular flexibility index (Phi) is 3.08. The molecule has 1 saturated carbocycles. The van der Waals surface area contributed by atoms with Gasteiger partial charge in [-0.05, 0) is 50.5 Å². The molecule has 2 aliphatic carbocycles. The number of carbonyl (C=O) groups excluding carboxylic acids is 1. The van der Waals surface area contributed by atoms with Crippen LogP contribution in [0.5, 0.6) is 0 Å². The molecule has 0 aromatic heterocycles. The lowest BCUT2D eigenvalue weighted by atomic mass is 9.70. The van der Waals surface area contributed by atoms with Crippen molar-refractivity contribution < 1.29 is 4.79 Å². The van der Waals surface area contributed by atoms with Gasteiger partial charge in [0.25, 0.3) is 0 Å². The number of carbonyl (C=O) groups is 1. The molecule has 0 atom stereocenters. The molecule has 0 radical (unpaired) electrons. The van der Waals surface area contributed by atoms with Gasteiger partial charge in [0.1, 0.15) is 0 Å². The first-order valence-corrected chi connectivity index (χ1v) is 6.16. The Labute approximate surface area is 92.3 Å². The van der Waals surface area contributed by atoms with E-state index in [2.05, 4.69) is 6.08 Å². The SMILES string of the molecule is CC=CC(=O)C1=CCCCC12CCCC2. The van der Waals surface area contributed by atoms with Crippen LogP contribution in [0.3, 0.4) is 0 Å². The van der Waals surface area contributed by atoms with Gasteiger partial charge in [0.2, 0.25) is 0 Å². The van der Waals surface area contributed by atoms with Crippen molar-refractivity contribution in [1.82, 2.24) is 0 Å². The van der Waals surface area contributed by atoms with Gasteiger partial charge in [-0.1, -0.05) is 25.0 Å². The Hall–Kier alpha value is -0.850. The highest BCUT2D eigenvalue weighted by Crippen LogP contribution is 2.50. The third kappa shape index (κ3) is 1.92. The second-order valence-electron chi connectivity index (χ2n) is 4.86. The fourth-order valence-electron chi connectivity index (χ4n) is 3.21. The number of ketones is 1. The number of allylic oxidation sites excluding steroid dienone is 4. The standard InChI is InChI=1S/C14H20O/c1-2-7-13(15)12-8-3-4-9-14(12)10-5-6-11-14/h2,7-8H,3-6,9-11H2,1H3. The lowest BCUT2D eigenvalue weighted by Crippen LogP contribution is -2.26. The van der Waals surface area contributed by atoms with E-state index in [-0.39, 0.29) is 11.2 Å². The monoisotopic (exact) mass is 204 g/mol. The largest absolute Gasteiger partial charge is 0.290 e. The van der Waals surface area contributed by atoms with Crippen LogP contribution in [0.1, 0.15) is 51.9 Å². The number of rotatable bonds is 2. The van der Waals surface area contributed by atoms with Gasteiger partial charge in [0, 0.05) is 5.57 Å². The van der Waals surface area contributed by atoms with Crippen molar-refractivity contribution in [3.63, 3.8) is 0 Å². The normalized spacial score (nSPS) is 24.7. The molecule has 1 spiro atoms. The first kappa shape index (κ1) is 10.7. The molecule has 82 valence electrons. The average molecular weight is 204 g/mol. The topological polar surface area (TPSA) is 17.1 Å². The molecule has 0 N–H and O–H groups in total. The Bertz CT molecular complexity index is 303. The second kappa shape index (κ2) is 4.34. The van der Waals surface area contributed by atoms with Crippen molar-refractivity contribution in [2.45, 2.75) is 51.9 Å². The zero-order valence-corrected chi connectivity index (χ0v) is 9.59. The minimum Gasteiger partial charge on any atom is -0.290 e. The molecule has 0 aliphatic heterocycles. The lowest BCUT2D eigenvalue weighted by Gasteiger charge is -2.34. The van der Waals surface area contributed by atoms with E-state index in [0.29, 0.717) is 0 Å². The van der Waals surface area contributed by atoms with Crippen LogP contribution >= 0.6 is 0 Å². The molecule has 1 heteroatoms. The maximum atomic E-state index is 12.0. The summed E-state index contributed by atoms with van der Waals surface area (Å²) in [6.07, 6.45) is 14.5. The maximum Gasteiger partial charge on any atom is 0.181 e. The van der Waals surface area contributed by atoms with Crippen LogP contribution < -0.4 is 0 Å². The van der Waals surface area contributed by atoms with Gasteiger partial charge in [-0.25, -0.2) is 0 Å². The van der Waals surface area contributed by atoms with Gasteiger partial charge in [-0.3, -0.25) is 4.79 Å². The van der Waals surface area contributed by atoms with Crippen LogP contribution in [-0.2, 0) is 4.79 Å². The molecule has 0 unspecified atom stereocenters. The Morgan fingerprint density at radius 1 is 1.27 bits per heavy atom. The Morgan fingerprint density at radius 3 is 2.60 bits per heavy atom. The molecule has 0 aromatic carbocycles. The van der Waals surface area contributed by atoms with Crippen molar-refractivity contribution in [1.29, 1.82) is 0 Å². The van der Waals surface area contributed by atoms with E-state index in [1.807, 2.05) is 13.0 Å². The summed E-state index contributed by atoms with van der Waals surface area (Å²) in [6, 6.07) is 0. The van der Waals surface area contributed by atoms with Crippen molar-refractivity contribution >= 4 is 5.78 Å². The number of hydrogen-bond donors (Lipinski definition) is 0. The number of hydrogen-bond acceptors (Lipinski definition) is 1. The van der Waals surface area contributed by atoms with E-state index in [1.165, 1.54) is 38.5 Å². The van der Waals surface area contributed by atoms with E-state index >= 15 is 0 Å². The molecular weight excluding hydrogens is 184 g/mol. The summed E-state index contributed by atoms with van der Waals surface area (Å²) in [5.41, 5.74) is 1.40. The van der Waals surface area contributed by atoms with Crippen molar-refractivity contribution in [2.75, 3.05) is 0 Å². The van der Waals surface area contributed by atoms with Gasteiger partial charge in [0.05, 0.1) is 0 Å². The molecule has 0 aromatic rings. The van der Waals surface area contributed by atoms with Crippen molar-refractivity contribution in [2.24, 2.45) is 5.41 Å². The molecule has 0 amide bonds. The Balaban J connectivity index is 2.26. The Morgan fingerprint density at radius 2 is 1.93 bits per heavy atom. The summed E-state index contributed by atoms with van der Waals surface area (Å²) in [4.78, 5) is 12.0. The summed E-state index contributed by atoms with van der Waals surface area (Å²) in [5.74, 6) is 0.263. The molecule has 1 nitrogen and oxygen atoms in total. The predicted octanol–water partition coefficient (Wildman–Crippen LogP) is 3.80. The third-order valence-electron chi connectivity index (χ3n) is 3.92. The van der Waals surface area contributed by atoms with Crippen LogP contribution in [0.25, 0.3) is 0 Å². The summed E-state index contributed by atoms with van der Waals surface area (Å²) in [5, 5.41) is 0. The predicted molar refractivity (Wildman–Crippen MR) is 62.7 cm³/mol. The molecule has 0 saturated heterocycles. The minimum atomic E-state index is 0.263. The van der Waals surface area contributed by atoms with E-state index in [1.54, 1.807) is 6.08 Å². The quantitative estimate of drug-likeness (QED) is 0.625.